The van der Waals surface area contributed by atoms with E-state index in [9.17, 15) is 19.0 Å². The van der Waals surface area contributed by atoms with E-state index in [0.29, 0.717) is 17.4 Å². The molecule has 0 aromatic carbocycles. The second-order valence-electron chi connectivity index (χ2n) is 17.8. The molecule has 1 N–H and O–H groups in total. The highest BCUT2D eigenvalue weighted by Crippen LogP contribution is 2.43. The predicted molar refractivity (Wildman–Crippen MR) is 261 cm³/mol. The summed E-state index contributed by atoms with van der Waals surface area (Å²) in [5, 5.41) is 0. The molecule has 0 radical (unpaired) electrons. The molecule has 0 heterocycles. The monoisotopic (exact) mass is 893 g/mol. The summed E-state index contributed by atoms with van der Waals surface area (Å²) in [5.74, 6) is -0.808. The second-order valence-corrected chi connectivity index (χ2v) is 19.3. The lowest BCUT2D eigenvalue weighted by molar-refractivity contribution is -0.870. The molecule has 9 nitrogen and oxygen atoms in total. The number of esters is 2. The standard InChI is InChI=1S/C52H94NO8P/c1-6-8-10-12-14-16-18-20-22-23-24-25-26-27-28-29-31-33-35-37-39-41-43-45-52(55)61-50(49-60-62(56,57)59-47-46-53(3,4)5)48-58-51(54)44-42-40-38-36-34-32-30-21-19-17-15-13-11-9-7-2/h8,10,14,16,20,22,24-25,27-28,50H,6-7,9,11-13,15,17-19,21,23,26,29-49H2,1-5H3/p+1/b10-8-,16-14-,22-20-,25-24-,28-27-. The topological polar surface area (TPSA) is 108 Å². The number of likely N-dealkylation sites (N-methyl/N-ethyl adjacent to an activating group) is 1. The lowest BCUT2D eigenvalue weighted by Crippen LogP contribution is -2.37. The third kappa shape index (κ3) is 47.2. The summed E-state index contributed by atoms with van der Waals surface area (Å²) in [6, 6.07) is 0. The van der Waals surface area contributed by atoms with Crippen LogP contribution in [0.3, 0.4) is 0 Å². The van der Waals surface area contributed by atoms with E-state index < -0.39 is 26.5 Å². The van der Waals surface area contributed by atoms with E-state index in [-0.39, 0.29) is 32.0 Å². The number of unbranched alkanes of at least 4 members (excludes halogenated alkanes) is 21. The van der Waals surface area contributed by atoms with Gasteiger partial charge in [-0.25, -0.2) is 4.57 Å². The molecule has 2 unspecified atom stereocenters. The van der Waals surface area contributed by atoms with Gasteiger partial charge in [-0.05, 0) is 57.8 Å². The van der Waals surface area contributed by atoms with Crippen LogP contribution in [0.2, 0.25) is 0 Å². The Hall–Kier alpha value is -2.29. The van der Waals surface area contributed by atoms with E-state index in [4.69, 9.17) is 18.5 Å². The van der Waals surface area contributed by atoms with Crippen LogP contribution in [-0.4, -0.2) is 74.9 Å². The highest BCUT2D eigenvalue weighted by Gasteiger charge is 2.27. The Labute approximate surface area is 381 Å². The highest BCUT2D eigenvalue weighted by atomic mass is 31.2. The summed E-state index contributed by atoms with van der Waals surface area (Å²) in [7, 11) is 1.47. The molecule has 0 aromatic rings. The first kappa shape index (κ1) is 59.7. The van der Waals surface area contributed by atoms with Crippen molar-refractivity contribution in [3.63, 3.8) is 0 Å². The molecule has 0 aliphatic rings. The lowest BCUT2D eigenvalue weighted by Gasteiger charge is -2.24. The quantitative estimate of drug-likeness (QED) is 0.0212. The normalized spacial score (nSPS) is 14.0. The Kier molecular flexibility index (Phi) is 42.3. The first-order valence-corrected chi connectivity index (χ1v) is 26.5. The van der Waals surface area contributed by atoms with E-state index >= 15 is 0 Å². The molecule has 0 aromatic heterocycles. The van der Waals surface area contributed by atoms with Gasteiger partial charge in [-0.3, -0.25) is 18.6 Å². The third-order valence-electron chi connectivity index (χ3n) is 10.6. The third-order valence-corrected chi connectivity index (χ3v) is 11.5. The number of hydrogen-bond donors (Lipinski definition) is 1. The minimum atomic E-state index is -4.38. The van der Waals surface area contributed by atoms with E-state index in [0.717, 1.165) is 77.0 Å². The van der Waals surface area contributed by atoms with Gasteiger partial charge in [-0.15, -0.1) is 0 Å². The number of carbonyl (C=O) groups is 2. The first-order chi connectivity index (χ1) is 30.0. The molecule has 0 rings (SSSR count). The minimum absolute atomic E-state index is 0.0280. The van der Waals surface area contributed by atoms with Crippen molar-refractivity contribution in [1.29, 1.82) is 0 Å². The fourth-order valence-electron chi connectivity index (χ4n) is 6.69. The van der Waals surface area contributed by atoms with E-state index in [2.05, 4.69) is 74.6 Å². The SMILES string of the molecule is CC/C=C\C/C=C\C/C=C\C/C=C\C/C=C\CCCCCCCCCC(=O)OC(COC(=O)CCCCCCCCCCCCCCCCC)COP(=O)(O)OCC[N+](C)(C)C. The Bertz CT molecular complexity index is 1240. The summed E-state index contributed by atoms with van der Waals surface area (Å²) in [5.41, 5.74) is 0. The number of allylic oxidation sites excluding steroid dienone is 10. The minimum Gasteiger partial charge on any atom is -0.462 e. The highest BCUT2D eigenvalue weighted by molar-refractivity contribution is 7.47. The maximum atomic E-state index is 12.7. The van der Waals surface area contributed by atoms with Gasteiger partial charge in [0.05, 0.1) is 27.7 Å². The van der Waals surface area contributed by atoms with Crippen LogP contribution in [0.5, 0.6) is 0 Å². The number of phosphoric acid groups is 1. The van der Waals surface area contributed by atoms with Crippen LogP contribution in [0.4, 0.5) is 0 Å². The van der Waals surface area contributed by atoms with E-state index in [1.54, 1.807) is 0 Å². The van der Waals surface area contributed by atoms with Crippen molar-refractivity contribution in [2.24, 2.45) is 0 Å². The Morgan fingerprint density at radius 3 is 1.37 bits per heavy atom. The molecule has 2 atom stereocenters. The Balaban J connectivity index is 4.29. The fourth-order valence-corrected chi connectivity index (χ4v) is 7.43. The molecule has 0 fully saturated rings. The van der Waals surface area contributed by atoms with E-state index in [1.807, 2.05) is 21.1 Å². The summed E-state index contributed by atoms with van der Waals surface area (Å²) in [6.07, 6.45) is 54.1. The molecule has 0 amide bonds. The maximum Gasteiger partial charge on any atom is 0.472 e. The number of rotatable bonds is 45. The van der Waals surface area contributed by atoms with Crippen molar-refractivity contribution in [3.8, 4) is 0 Å². The van der Waals surface area contributed by atoms with Gasteiger partial charge >= 0.3 is 19.8 Å². The maximum absolute atomic E-state index is 12.7. The van der Waals surface area contributed by atoms with Crippen molar-refractivity contribution in [2.75, 3.05) is 47.5 Å². The van der Waals surface area contributed by atoms with Crippen LogP contribution in [0, 0.1) is 0 Å². The second kappa shape index (κ2) is 43.9. The number of nitrogens with zero attached hydrogens (tertiary/aromatic N) is 1. The largest absolute Gasteiger partial charge is 0.472 e. The molecular formula is C52H95NO8P+. The zero-order chi connectivity index (χ0) is 45.7. The lowest BCUT2D eigenvalue weighted by atomic mass is 10.0. The van der Waals surface area contributed by atoms with Crippen LogP contribution in [0.1, 0.15) is 206 Å². The molecule has 0 aliphatic heterocycles. The van der Waals surface area contributed by atoms with Crippen LogP contribution in [0.15, 0.2) is 60.8 Å². The molecule has 0 aliphatic carbocycles. The van der Waals surface area contributed by atoms with Crippen LogP contribution >= 0.6 is 7.82 Å². The predicted octanol–water partition coefficient (Wildman–Crippen LogP) is 14.8. The summed E-state index contributed by atoms with van der Waals surface area (Å²) in [6.45, 7) is 4.31. The van der Waals surface area contributed by atoms with Crippen molar-refractivity contribution in [2.45, 2.75) is 213 Å². The van der Waals surface area contributed by atoms with Crippen LogP contribution < -0.4 is 0 Å². The zero-order valence-corrected chi connectivity index (χ0v) is 41.5. The molecule has 0 spiro atoms. The van der Waals surface area contributed by atoms with Gasteiger partial charge in [-0.2, -0.15) is 0 Å². The number of ether oxygens (including phenoxy) is 2. The Morgan fingerprint density at radius 2 is 0.919 bits per heavy atom. The van der Waals surface area contributed by atoms with Gasteiger partial charge in [0.25, 0.3) is 0 Å². The van der Waals surface area contributed by atoms with Gasteiger partial charge in [0.2, 0.25) is 0 Å². The van der Waals surface area contributed by atoms with Gasteiger partial charge in [0.1, 0.15) is 19.8 Å². The Morgan fingerprint density at radius 1 is 0.516 bits per heavy atom. The van der Waals surface area contributed by atoms with Crippen molar-refractivity contribution in [3.05, 3.63) is 60.8 Å². The molecule has 360 valence electrons. The summed E-state index contributed by atoms with van der Waals surface area (Å²) in [4.78, 5) is 35.5. The number of phosphoric ester groups is 1. The van der Waals surface area contributed by atoms with Gasteiger partial charge < -0.3 is 18.9 Å². The van der Waals surface area contributed by atoms with Crippen molar-refractivity contribution < 1.29 is 42.1 Å². The van der Waals surface area contributed by atoms with Crippen LogP contribution in [0.25, 0.3) is 0 Å². The van der Waals surface area contributed by atoms with Crippen molar-refractivity contribution >= 4 is 19.8 Å². The first-order valence-electron chi connectivity index (χ1n) is 25.0. The number of carbonyl (C=O) groups excluding carboxylic acids is 2. The van der Waals surface area contributed by atoms with Gasteiger partial charge in [-0.1, -0.05) is 197 Å². The summed E-state index contributed by atoms with van der Waals surface area (Å²) < 4.78 is 34.4. The summed E-state index contributed by atoms with van der Waals surface area (Å²) >= 11 is 0. The number of hydrogen-bond acceptors (Lipinski definition) is 7. The molecule has 0 saturated heterocycles. The van der Waals surface area contributed by atoms with Gasteiger partial charge in [0.15, 0.2) is 6.10 Å². The molecule has 0 saturated carbocycles. The average molecular weight is 893 g/mol. The zero-order valence-electron chi connectivity index (χ0n) is 40.6. The average Bonchev–Trinajstić information content (AvgIpc) is 3.23. The van der Waals surface area contributed by atoms with Gasteiger partial charge in [0, 0.05) is 12.8 Å². The fraction of sp³-hybridized carbons (Fsp3) is 0.769. The van der Waals surface area contributed by atoms with E-state index in [1.165, 1.54) is 96.3 Å². The molecular weight excluding hydrogens is 798 g/mol. The molecule has 62 heavy (non-hydrogen) atoms. The molecule has 0 bridgehead atoms. The smallest absolute Gasteiger partial charge is 0.462 e. The van der Waals surface area contributed by atoms with Crippen LogP contribution in [-0.2, 0) is 32.7 Å². The number of quaternary nitrogens is 1. The van der Waals surface area contributed by atoms with Crippen molar-refractivity contribution in [1.82, 2.24) is 0 Å². The molecule has 10 heteroatoms.